The molecule has 2 rings (SSSR count). The molecule has 2 N–H and O–H groups in total. The van der Waals surface area contributed by atoms with Crippen molar-refractivity contribution in [3.05, 3.63) is 27.2 Å². The second-order valence-corrected chi connectivity index (χ2v) is 5.93. The molecular formula is C16H24N4O3. The molecule has 0 fully saturated rings. The third kappa shape index (κ3) is 4.18. The topological polar surface area (TPSA) is 101 Å². The number of H-pyrrole nitrogens is 2. The average Bonchev–Trinajstić information content (AvgIpc) is 2.90. The molecule has 0 atom stereocenters. The van der Waals surface area contributed by atoms with Crippen LogP contribution in [0.15, 0.2) is 15.9 Å². The fraction of sp³-hybridized carbons (Fsp3) is 0.625. The lowest BCUT2D eigenvalue weighted by Gasteiger charge is -2.15. The highest BCUT2D eigenvalue weighted by molar-refractivity contribution is 5.82. The lowest BCUT2D eigenvalue weighted by atomic mass is 9.92. The Bertz CT molecular complexity index is 763. The molecule has 7 heteroatoms. The van der Waals surface area contributed by atoms with E-state index in [0.29, 0.717) is 0 Å². The van der Waals surface area contributed by atoms with E-state index in [1.54, 1.807) is 0 Å². The molecule has 0 saturated carbocycles. The van der Waals surface area contributed by atoms with E-state index >= 15 is 0 Å². The van der Waals surface area contributed by atoms with Gasteiger partial charge in [0.2, 0.25) is 0 Å². The maximum Gasteiger partial charge on any atom is 0.327 e. The zero-order valence-corrected chi connectivity index (χ0v) is 13.7. The number of aromatic nitrogens is 4. The Kier molecular flexibility index (Phi) is 5.90. The summed E-state index contributed by atoms with van der Waals surface area (Å²) < 4.78 is 1.53. The molecule has 0 aliphatic carbocycles. The molecule has 0 aliphatic rings. The molecule has 0 spiro atoms. The third-order valence-corrected chi connectivity index (χ3v) is 4.11. The number of carbonyl (C=O) groups excluding carboxylic acids is 1. The number of carbonyl (C=O) groups is 1. The van der Waals surface area contributed by atoms with Crippen molar-refractivity contribution in [3.63, 3.8) is 0 Å². The summed E-state index contributed by atoms with van der Waals surface area (Å²) in [7, 11) is 0. The van der Waals surface area contributed by atoms with E-state index in [0.717, 1.165) is 38.5 Å². The van der Waals surface area contributed by atoms with Crippen LogP contribution in [0, 0.1) is 5.92 Å². The van der Waals surface area contributed by atoms with Gasteiger partial charge in [-0.15, -0.1) is 0 Å². The number of ketones is 1. The van der Waals surface area contributed by atoms with Crippen molar-refractivity contribution in [1.82, 2.24) is 19.5 Å². The number of hydrogen-bond donors (Lipinski definition) is 2. The fourth-order valence-corrected chi connectivity index (χ4v) is 2.80. The van der Waals surface area contributed by atoms with Crippen LogP contribution in [0.1, 0.15) is 52.4 Å². The Morgan fingerprint density at radius 1 is 1.17 bits per heavy atom. The Morgan fingerprint density at radius 2 is 1.83 bits per heavy atom. The van der Waals surface area contributed by atoms with Crippen molar-refractivity contribution in [3.8, 4) is 0 Å². The molecule has 0 bridgehead atoms. The first-order valence-corrected chi connectivity index (χ1v) is 8.27. The number of imidazole rings is 1. The molecule has 0 unspecified atom stereocenters. The molecule has 2 aromatic heterocycles. The average molecular weight is 320 g/mol. The summed E-state index contributed by atoms with van der Waals surface area (Å²) in [5, 5.41) is 0. The van der Waals surface area contributed by atoms with Gasteiger partial charge in [0.1, 0.15) is 0 Å². The van der Waals surface area contributed by atoms with Crippen LogP contribution in [-0.2, 0) is 11.3 Å². The van der Waals surface area contributed by atoms with Gasteiger partial charge in [-0.1, -0.05) is 39.5 Å². The third-order valence-electron chi connectivity index (χ3n) is 4.11. The summed E-state index contributed by atoms with van der Waals surface area (Å²) >= 11 is 0. The van der Waals surface area contributed by atoms with Crippen LogP contribution in [0.2, 0.25) is 0 Å². The first-order chi connectivity index (χ1) is 11.1. The second-order valence-electron chi connectivity index (χ2n) is 5.93. The van der Waals surface area contributed by atoms with E-state index < -0.39 is 11.2 Å². The molecular weight excluding hydrogens is 296 g/mol. The molecule has 0 aromatic carbocycles. The maximum atomic E-state index is 12.6. The molecule has 126 valence electrons. The number of unbranched alkanes of at least 4 members (excludes halogenated alkanes) is 2. The Hall–Kier alpha value is -2.18. The van der Waals surface area contributed by atoms with Crippen LogP contribution in [-0.4, -0.2) is 25.3 Å². The first-order valence-electron chi connectivity index (χ1n) is 8.27. The number of rotatable bonds is 9. The van der Waals surface area contributed by atoms with Crippen LogP contribution in [0.25, 0.3) is 11.2 Å². The molecule has 0 amide bonds. The van der Waals surface area contributed by atoms with Crippen molar-refractivity contribution in [1.29, 1.82) is 0 Å². The van der Waals surface area contributed by atoms with Crippen molar-refractivity contribution >= 4 is 16.9 Å². The molecule has 0 saturated heterocycles. The highest BCUT2D eigenvalue weighted by Gasteiger charge is 2.19. The van der Waals surface area contributed by atoms with Crippen LogP contribution in [0.3, 0.4) is 0 Å². The van der Waals surface area contributed by atoms with E-state index in [-0.39, 0.29) is 29.4 Å². The fourth-order valence-electron chi connectivity index (χ4n) is 2.80. The van der Waals surface area contributed by atoms with E-state index in [9.17, 15) is 14.4 Å². The highest BCUT2D eigenvalue weighted by atomic mass is 16.2. The number of hydrogen-bond acceptors (Lipinski definition) is 4. The Labute approximate surface area is 134 Å². The molecule has 2 aromatic rings. The van der Waals surface area contributed by atoms with Gasteiger partial charge in [-0.3, -0.25) is 19.6 Å². The van der Waals surface area contributed by atoms with E-state index in [4.69, 9.17) is 0 Å². The number of aromatic amines is 2. The summed E-state index contributed by atoms with van der Waals surface area (Å²) in [6.07, 6.45) is 7.38. The number of nitrogens with one attached hydrogen (secondary N) is 2. The van der Waals surface area contributed by atoms with E-state index in [1.165, 1.54) is 10.9 Å². The lowest BCUT2D eigenvalue weighted by molar-refractivity contribution is -0.123. The van der Waals surface area contributed by atoms with Crippen LogP contribution in [0.5, 0.6) is 0 Å². The predicted molar refractivity (Wildman–Crippen MR) is 88.5 cm³/mol. The zero-order chi connectivity index (χ0) is 16.8. The summed E-state index contributed by atoms with van der Waals surface area (Å²) in [5.41, 5.74) is -0.663. The van der Waals surface area contributed by atoms with Crippen molar-refractivity contribution in [2.24, 2.45) is 5.92 Å². The van der Waals surface area contributed by atoms with Gasteiger partial charge in [0.25, 0.3) is 5.56 Å². The van der Waals surface area contributed by atoms with Gasteiger partial charge in [0, 0.05) is 5.92 Å². The highest BCUT2D eigenvalue weighted by Crippen LogP contribution is 2.18. The second kappa shape index (κ2) is 7.89. The molecule has 7 nitrogen and oxygen atoms in total. The summed E-state index contributed by atoms with van der Waals surface area (Å²) in [5.74, 6) is 0.144. The summed E-state index contributed by atoms with van der Waals surface area (Å²) in [6, 6.07) is 0. The molecule has 0 aliphatic heterocycles. The van der Waals surface area contributed by atoms with Crippen LogP contribution in [0.4, 0.5) is 0 Å². The SMILES string of the molecule is CCCCC(CCCC)C(=O)Cn1cnc2[nH]c(=O)[nH]c(=O)c21. The number of Topliss-reactive ketones (excluding diaryl/α,β-unsaturated/α-hetero) is 1. The predicted octanol–water partition coefficient (Wildman–Crippen LogP) is 1.98. The smallest absolute Gasteiger partial charge is 0.317 e. The van der Waals surface area contributed by atoms with Crippen molar-refractivity contribution < 1.29 is 4.79 Å². The van der Waals surface area contributed by atoms with Gasteiger partial charge in [0.05, 0.1) is 12.9 Å². The number of nitrogens with zero attached hydrogens (tertiary/aromatic N) is 2. The van der Waals surface area contributed by atoms with Crippen LogP contribution < -0.4 is 11.2 Å². The maximum absolute atomic E-state index is 12.6. The van der Waals surface area contributed by atoms with E-state index in [1.807, 2.05) is 0 Å². The monoisotopic (exact) mass is 320 g/mol. The van der Waals surface area contributed by atoms with Gasteiger partial charge in [-0.25, -0.2) is 9.78 Å². The zero-order valence-electron chi connectivity index (χ0n) is 13.7. The Morgan fingerprint density at radius 3 is 2.43 bits per heavy atom. The molecule has 0 radical (unpaired) electrons. The minimum Gasteiger partial charge on any atom is -0.317 e. The normalized spacial score (nSPS) is 11.4. The van der Waals surface area contributed by atoms with Crippen molar-refractivity contribution in [2.45, 2.75) is 58.9 Å². The van der Waals surface area contributed by atoms with Crippen LogP contribution >= 0.6 is 0 Å². The van der Waals surface area contributed by atoms with Gasteiger partial charge in [0.15, 0.2) is 16.9 Å². The quantitative estimate of drug-likeness (QED) is 0.737. The van der Waals surface area contributed by atoms with Crippen molar-refractivity contribution in [2.75, 3.05) is 0 Å². The first kappa shape index (κ1) is 17.2. The van der Waals surface area contributed by atoms with Gasteiger partial charge >= 0.3 is 5.69 Å². The lowest BCUT2D eigenvalue weighted by Crippen LogP contribution is -2.25. The minimum atomic E-state index is -0.595. The van der Waals surface area contributed by atoms with E-state index in [2.05, 4.69) is 28.8 Å². The standard InChI is InChI=1S/C16H24N4O3/c1-3-5-7-11(8-6-4-2)12(21)9-20-10-17-14-13(20)15(22)19-16(23)18-14/h10-11H,3-9H2,1-2H3,(H2,18,19,22,23). The molecule has 23 heavy (non-hydrogen) atoms. The van der Waals surface area contributed by atoms with Gasteiger partial charge < -0.3 is 4.57 Å². The minimum absolute atomic E-state index is 0.0224. The number of fused-ring (bicyclic) bond motifs is 1. The summed E-state index contributed by atoms with van der Waals surface area (Å²) in [6.45, 7) is 4.34. The molecule has 2 heterocycles. The van der Waals surface area contributed by atoms with Gasteiger partial charge in [-0.2, -0.15) is 0 Å². The van der Waals surface area contributed by atoms with Gasteiger partial charge in [-0.05, 0) is 12.8 Å². The summed E-state index contributed by atoms with van der Waals surface area (Å²) in [4.78, 5) is 44.4. The Balaban J connectivity index is 2.20. The largest absolute Gasteiger partial charge is 0.327 e.